The van der Waals surface area contributed by atoms with Crippen molar-refractivity contribution in [2.45, 2.75) is 38.1 Å². The zero-order valence-corrected chi connectivity index (χ0v) is 16.7. The fourth-order valence-corrected chi connectivity index (χ4v) is 5.33. The molecular formula is C23H31N3O2. The Hall–Kier alpha value is -2.14. The minimum atomic E-state index is -0.275. The van der Waals surface area contributed by atoms with Crippen molar-refractivity contribution in [1.29, 1.82) is 0 Å². The van der Waals surface area contributed by atoms with Gasteiger partial charge in [0.05, 0.1) is 11.5 Å². The van der Waals surface area contributed by atoms with E-state index >= 15 is 0 Å². The smallest absolute Gasteiger partial charge is 0.242 e. The van der Waals surface area contributed by atoms with Gasteiger partial charge in [-0.15, -0.1) is 6.58 Å². The summed E-state index contributed by atoms with van der Waals surface area (Å²) in [5.41, 5.74) is 0.898. The van der Waals surface area contributed by atoms with Crippen molar-refractivity contribution in [3.8, 4) is 0 Å². The second-order valence-corrected chi connectivity index (χ2v) is 8.43. The van der Waals surface area contributed by atoms with Crippen molar-refractivity contribution in [3.63, 3.8) is 0 Å². The van der Waals surface area contributed by atoms with Gasteiger partial charge in [-0.3, -0.25) is 14.5 Å². The predicted octanol–water partition coefficient (Wildman–Crippen LogP) is 2.85. The van der Waals surface area contributed by atoms with Crippen LogP contribution < -0.4 is 0 Å². The number of nitrogens with zero attached hydrogens (tertiary/aromatic N) is 3. The highest BCUT2D eigenvalue weighted by Crippen LogP contribution is 2.57. The second-order valence-electron chi connectivity index (χ2n) is 8.43. The van der Waals surface area contributed by atoms with E-state index in [4.69, 9.17) is 0 Å². The van der Waals surface area contributed by atoms with Crippen LogP contribution in [0.15, 0.2) is 43.0 Å². The van der Waals surface area contributed by atoms with Crippen LogP contribution >= 0.6 is 0 Å². The summed E-state index contributed by atoms with van der Waals surface area (Å²) in [5.74, 6) is 0.276. The lowest BCUT2D eigenvalue weighted by molar-refractivity contribution is -0.181. The first-order valence-electron chi connectivity index (χ1n) is 10.6. The minimum absolute atomic E-state index is 0.0486. The van der Waals surface area contributed by atoms with Gasteiger partial charge >= 0.3 is 0 Å². The molecule has 0 bridgehead atoms. The third kappa shape index (κ3) is 3.37. The van der Waals surface area contributed by atoms with Crippen molar-refractivity contribution in [2.75, 3.05) is 39.3 Å². The van der Waals surface area contributed by atoms with E-state index in [0.717, 1.165) is 58.4 Å². The molecule has 2 saturated heterocycles. The number of carbonyl (C=O) groups excluding carboxylic acids is 2. The van der Waals surface area contributed by atoms with Crippen LogP contribution in [0.3, 0.4) is 0 Å². The fraction of sp³-hybridized carbons (Fsp3) is 0.565. The summed E-state index contributed by atoms with van der Waals surface area (Å²) < 4.78 is 0. The Labute approximate surface area is 168 Å². The highest BCUT2D eigenvalue weighted by atomic mass is 16.2. The predicted molar refractivity (Wildman–Crippen MR) is 110 cm³/mol. The standard InChI is InChI=1S/C23H31N3O2/c1-2-13-24-14-16-25(17-15-24)20(27)18-26-21(19-9-5-3-6-10-19)23(22(26)28)11-7-4-8-12-23/h2-3,5-6,9-10,21H,1,4,7-8,11-18H2. The fourth-order valence-electron chi connectivity index (χ4n) is 5.33. The number of rotatable bonds is 5. The Morgan fingerprint density at radius 2 is 1.75 bits per heavy atom. The number of likely N-dealkylation sites (tertiary alicyclic amines) is 1. The zero-order valence-electron chi connectivity index (χ0n) is 16.7. The second kappa shape index (κ2) is 8.08. The third-order valence-corrected chi connectivity index (χ3v) is 6.80. The van der Waals surface area contributed by atoms with Crippen molar-refractivity contribution < 1.29 is 9.59 Å². The largest absolute Gasteiger partial charge is 0.339 e. The van der Waals surface area contributed by atoms with E-state index in [1.165, 1.54) is 12.0 Å². The Bertz CT molecular complexity index is 719. The number of amides is 2. The van der Waals surface area contributed by atoms with Gasteiger partial charge in [0.1, 0.15) is 6.54 Å². The van der Waals surface area contributed by atoms with Crippen molar-refractivity contribution >= 4 is 11.8 Å². The molecule has 2 aliphatic heterocycles. The van der Waals surface area contributed by atoms with E-state index in [0.29, 0.717) is 0 Å². The molecule has 1 saturated carbocycles. The molecule has 3 aliphatic rings. The molecule has 0 N–H and O–H groups in total. The lowest BCUT2D eigenvalue weighted by Crippen LogP contribution is -2.66. The first-order chi connectivity index (χ1) is 13.7. The van der Waals surface area contributed by atoms with E-state index in [9.17, 15) is 9.59 Å². The van der Waals surface area contributed by atoms with Gasteiger partial charge in [0.2, 0.25) is 11.8 Å². The minimum Gasteiger partial charge on any atom is -0.339 e. The molecule has 3 fully saturated rings. The van der Waals surface area contributed by atoms with Gasteiger partial charge in [-0.25, -0.2) is 0 Å². The highest BCUT2D eigenvalue weighted by Gasteiger charge is 2.60. The lowest BCUT2D eigenvalue weighted by atomic mass is 9.60. The van der Waals surface area contributed by atoms with Gasteiger partial charge in [-0.05, 0) is 18.4 Å². The average molecular weight is 382 g/mol. The van der Waals surface area contributed by atoms with Crippen LogP contribution in [0.1, 0.15) is 43.7 Å². The topological polar surface area (TPSA) is 43.9 Å². The first-order valence-corrected chi connectivity index (χ1v) is 10.6. The molecule has 1 aromatic rings. The maximum Gasteiger partial charge on any atom is 0.242 e. The summed E-state index contributed by atoms with van der Waals surface area (Å²) in [7, 11) is 0. The van der Waals surface area contributed by atoms with E-state index in [2.05, 4.69) is 23.6 Å². The zero-order chi connectivity index (χ0) is 19.6. The van der Waals surface area contributed by atoms with E-state index in [-0.39, 0.29) is 29.8 Å². The summed E-state index contributed by atoms with van der Waals surface area (Å²) in [6.07, 6.45) is 7.26. The molecule has 5 nitrogen and oxygen atoms in total. The molecule has 0 aromatic heterocycles. The Balaban J connectivity index is 1.46. The van der Waals surface area contributed by atoms with E-state index in [1.807, 2.05) is 34.1 Å². The van der Waals surface area contributed by atoms with Crippen LogP contribution in [0.2, 0.25) is 0 Å². The molecule has 1 spiro atoms. The van der Waals surface area contributed by atoms with E-state index in [1.54, 1.807) is 0 Å². The van der Waals surface area contributed by atoms with Crippen LogP contribution in [0.5, 0.6) is 0 Å². The number of carbonyl (C=O) groups is 2. The summed E-state index contributed by atoms with van der Waals surface area (Å²) >= 11 is 0. The quantitative estimate of drug-likeness (QED) is 0.582. The third-order valence-electron chi connectivity index (χ3n) is 6.80. The lowest BCUT2D eigenvalue weighted by Gasteiger charge is -2.58. The maximum atomic E-state index is 13.2. The van der Waals surface area contributed by atoms with Crippen molar-refractivity contribution in [2.24, 2.45) is 5.41 Å². The van der Waals surface area contributed by atoms with Gasteiger partial charge in [0, 0.05) is 32.7 Å². The highest BCUT2D eigenvalue weighted by molar-refractivity contribution is 5.94. The molecule has 2 heterocycles. The summed E-state index contributed by atoms with van der Waals surface area (Å²) in [5, 5.41) is 0. The summed E-state index contributed by atoms with van der Waals surface area (Å²) in [6.45, 7) is 8.07. The van der Waals surface area contributed by atoms with Crippen LogP contribution in [0.4, 0.5) is 0 Å². The molecule has 1 unspecified atom stereocenters. The molecule has 1 atom stereocenters. The molecule has 0 radical (unpaired) electrons. The Kier molecular flexibility index (Phi) is 5.54. The normalized spacial score (nSPS) is 24.9. The number of hydrogen-bond acceptors (Lipinski definition) is 3. The van der Waals surface area contributed by atoms with E-state index < -0.39 is 0 Å². The number of piperazine rings is 1. The molecule has 150 valence electrons. The molecule has 28 heavy (non-hydrogen) atoms. The van der Waals surface area contributed by atoms with Gasteiger partial charge in [0.15, 0.2) is 0 Å². The Morgan fingerprint density at radius 3 is 2.39 bits per heavy atom. The van der Waals surface area contributed by atoms with Crippen LogP contribution in [-0.4, -0.2) is 65.8 Å². The molecule has 2 amide bonds. The van der Waals surface area contributed by atoms with Crippen LogP contribution in [0, 0.1) is 5.41 Å². The van der Waals surface area contributed by atoms with Crippen LogP contribution in [0.25, 0.3) is 0 Å². The summed E-state index contributed by atoms with van der Waals surface area (Å²) in [6, 6.07) is 10.3. The van der Waals surface area contributed by atoms with Gasteiger partial charge < -0.3 is 9.80 Å². The van der Waals surface area contributed by atoms with Crippen molar-refractivity contribution in [3.05, 3.63) is 48.6 Å². The molecule has 1 aromatic carbocycles. The molecular weight excluding hydrogens is 350 g/mol. The Morgan fingerprint density at radius 1 is 1.07 bits per heavy atom. The molecule has 5 heteroatoms. The monoisotopic (exact) mass is 381 g/mol. The van der Waals surface area contributed by atoms with Gasteiger partial charge in [0.25, 0.3) is 0 Å². The number of hydrogen-bond donors (Lipinski definition) is 0. The first kappa shape index (κ1) is 19.2. The maximum absolute atomic E-state index is 13.2. The summed E-state index contributed by atoms with van der Waals surface area (Å²) in [4.78, 5) is 32.2. The molecule has 4 rings (SSSR count). The average Bonchev–Trinajstić information content (AvgIpc) is 2.75. The van der Waals surface area contributed by atoms with Gasteiger partial charge in [-0.2, -0.15) is 0 Å². The van der Waals surface area contributed by atoms with Crippen LogP contribution in [-0.2, 0) is 9.59 Å². The van der Waals surface area contributed by atoms with Gasteiger partial charge in [-0.1, -0.05) is 55.7 Å². The number of benzene rings is 1. The van der Waals surface area contributed by atoms with Crippen molar-refractivity contribution in [1.82, 2.24) is 14.7 Å². The molecule has 1 aliphatic carbocycles. The SMILES string of the molecule is C=CCN1CCN(C(=O)CN2C(=O)C3(CCCCC3)C2c2ccccc2)CC1. The number of β-lactam (4-membered cyclic amide) rings is 1.